The highest BCUT2D eigenvalue weighted by atomic mass is 35.5. The van der Waals surface area contributed by atoms with Crippen molar-refractivity contribution in [3.63, 3.8) is 0 Å². The third kappa shape index (κ3) is 4.15. The fourth-order valence-corrected chi connectivity index (χ4v) is 4.24. The Balaban J connectivity index is 0.00000225. The van der Waals surface area contributed by atoms with Crippen LogP contribution in [0.15, 0.2) is 42.5 Å². The monoisotopic (exact) mass is 404 g/mol. The zero-order valence-corrected chi connectivity index (χ0v) is 16.8. The van der Waals surface area contributed by atoms with Gasteiger partial charge in [-0.25, -0.2) is 4.39 Å². The van der Waals surface area contributed by atoms with E-state index in [1.165, 1.54) is 6.07 Å². The van der Waals surface area contributed by atoms with Gasteiger partial charge in [-0.2, -0.15) is 0 Å². The van der Waals surface area contributed by atoms with Gasteiger partial charge in [0.1, 0.15) is 11.6 Å². The maximum Gasteiger partial charge on any atom is 0.256 e. The minimum absolute atomic E-state index is 0. The maximum absolute atomic E-state index is 14.7. The van der Waals surface area contributed by atoms with Crippen LogP contribution < -0.4 is 10.1 Å². The summed E-state index contributed by atoms with van der Waals surface area (Å²) in [7, 11) is 1.61. The summed E-state index contributed by atoms with van der Waals surface area (Å²) in [6, 6.07) is 12.3. The highest BCUT2D eigenvalue weighted by molar-refractivity contribution is 5.95. The number of rotatable bonds is 3. The van der Waals surface area contributed by atoms with Gasteiger partial charge in [0.15, 0.2) is 0 Å². The third-order valence-corrected chi connectivity index (χ3v) is 5.93. The molecule has 0 spiro atoms. The second-order valence-corrected chi connectivity index (χ2v) is 7.47. The molecule has 2 aromatic carbocycles. The van der Waals surface area contributed by atoms with Crippen molar-refractivity contribution in [3.8, 4) is 16.9 Å². The highest BCUT2D eigenvalue weighted by Gasteiger charge is 2.32. The van der Waals surface area contributed by atoms with Crippen LogP contribution in [-0.4, -0.2) is 44.1 Å². The number of ether oxygens (including phenoxy) is 1. The number of nitrogens with zero attached hydrogens (tertiary/aromatic N) is 1. The fourth-order valence-electron chi connectivity index (χ4n) is 4.24. The van der Waals surface area contributed by atoms with E-state index >= 15 is 0 Å². The van der Waals surface area contributed by atoms with E-state index in [4.69, 9.17) is 4.74 Å². The molecule has 2 aromatic rings. The van der Waals surface area contributed by atoms with Gasteiger partial charge in [-0.3, -0.25) is 4.79 Å². The molecular formula is C22H26ClFN2O2. The van der Waals surface area contributed by atoms with Gasteiger partial charge in [0, 0.05) is 13.1 Å². The predicted molar refractivity (Wildman–Crippen MR) is 111 cm³/mol. The molecular weight excluding hydrogens is 379 g/mol. The van der Waals surface area contributed by atoms with E-state index in [1.807, 2.05) is 35.2 Å². The normalized spacial score (nSPS) is 21.4. The van der Waals surface area contributed by atoms with E-state index in [2.05, 4.69) is 5.32 Å². The number of carbonyl (C=O) groups excluding carboxylic acids is 1. The molecule has 6 heteroatoms. The Morgan fingerprint density at radius 1 is 1.04 bits per heavy atom. The highest BCUT2D eigenvalue weighted by Crippen LogP contribution is 2.29. The first-order chi connectivity index (χ1) is 13.2. The van der Waals surface area contributed by atoms with Crippen LogP contribution >= 0.6 is 12.4 Å². The number of benzene rings is 2. The second-order valence-electron chi connectivity index (χ2n) is 7.47. The molecule has 2 aliphatic heterocycles. The lowest BCUT2D eigenvalue weighted by Gasteiger charge is -2.21. The average molecular weight is 405 g/mol. The largest absolute Gasteiger partial charge is 0.497 e. The standard InChI is InChI=1S/C22H25FN2O2.ClH/c1-27-19-5-2-15(3-6-19)16-4-7-20(21(23)12-16)22(26)25-10-8-17-13-24-14-18(17)9-11-25;/h2-7,12,17-18,24H,8-11,13-14H2,1H3;1H/t17-,18+;. The SMILES string of the molecule is COc1ccc(-c2ccc(C(=O)N3CC[C@@H]4CNC[C@@H]4CC3)c(F)c2)cc1.Cl. The first-order valence-corrected chi connectivity index (χ1v) is 9.59. The Bertz CT molecular complexity index is 814. The quantitative estimate of drug-likeness (QED) is 0.840. The number of hydrogen-bond donors (Lipinski definition) is 1. The fraction of sp³-hybridized carbons (Fsp3) is 0.409. The summed E-state index contributed by atoms with van der Waals surface area (Å²) in [5.74, 6) is 1.39. The molecule has 2 fully saturated rings. The van der Waals surface area contributed by atoms with E-state index in [1.54, 1.807) is 13.2 Å². The number of hydrogen-bond acceptors (Lipinski definition) is 3. The minimum atomic E-state index is -0.459. The summed E-state index contributed by atoms with van der Waals surface area (Å²) in [6.07, 6.45) is 1.99. The van der Waals surface area contributed by atoms with Crippen molar-refractivity contribution in [3.05, 3.63) is 53.8 Å². The van der Waals surface area contributed by atoms with E-state index in [0.29, 0.717) is 24.9 Å². The lowest BCUT2D eigenvalue weighted by atomic mass is 9.92. The predicted octanol–water partition coefficient (Wildman–Crippen LogP) is 3.99. The van der Waals surface area contributed by atoms with Gasteiger partial charge in [-0.1, -0.05) is 18.2 Å². The van der Waals surface area contributed by atoms with Gasteiger partial charge in [-0.15, -0.1) is 12.4 Å². The Kier molecular flexibility index (Phi) is 6.57. The van der Waals surface area contributed by atoms with Crippen LogP contribution in [0.1, 0.15) is 23.2 Å². The molecule has 28 heavy (non-hydrogen) atoms. The number of fused-ring (bicyclic) bond motifs is 1. The first-order valence-electron chi connectivity index (χ1n) is 9.59. The van der Waals surface area contributed by atoms with Crippen molar-refractivity contribution < 1.29 is 13.9 Å². The van der Waals surface area contributed by atoms with Gasteiger partial charge in [0.25, 0.3) is 5.91 Å². The molecule has 2 heterocycles. The second kappa shape index (κ2) is 8.93. The van der Waals surface area contributed by atoms with Crippen LogP contribution in [0.3, 0.4) is 0 Å². The minimum Gasteiger partial charge on any atom is -0.497 e. The summed E-state index contributed by atoms with van der Waals surface area (Å²) >= 11 is 0. The van der Waals surface area contributed by atoms with Crippen LogP contribution in [0.4, 0.5) is 4.39 Å². The van der Waals surface area contributed by atoms with Gasteiger partial charge in [0.05, 0.1) is 12.7 Å². The van der Waals surface area contributed by atoms with Crippen molar-refractivity contribution in [2.75, 3.05) is 33.3 Å². The molecule has 150 valence electrons. The molecule has 0 radical (unpaired) electrons. The molecule has 1 N–H and O–H groups in total. The summed E-state index contributed by atoms with van der Waals surface area (Å²) in [5.41, 5.74) is 1.81. The lowest BCUT2D eigenvalue weighted by Crippen LogP contribution is -2.33. The molecule has 0 aromatic heterocycles. The Labute approximate surface area is 171 Å². The van der Waals surface area contributed by atoms with E-state index < -0.39 is 5.82 Å². The molecule has 2 atom stereocenters. The molecule has 2 saturated heterocycles. The Morgan fingerprint density at radius 3 is 2.21 bits per heavy atom. The van der Waals surface area contributed by atoms with Crippen LogP contribution in [0.2, 0.25) is 0 Å². The van der Waals surface area contributed by atoms with E-state index in [9.17, 15) is 9.18 Å². The van der Waals surface area contributed by atoms with Crippen molar-refractivity contribution >= 4 is 18.3 Å². The van der Waals surface area contributed by atoms with Gasteiger partial charge in [0.2, 0.25) is 0 Å². The summed E-state index contributed by atoms with van der Waals surface area (Å²) < 4.78 is 19.9. The number of halogens is 2. The van der Waals surface area contributed by atoms with Crippen molar-refractivity contribution in [2.24, 2.45) is 11.8 Å². The topological polar surface area (TPSA) is 41.6 Å². The summed E-state index contributed by atoms with van der Waals surface area (Å²) in [6.45, 7) is 3.50. The van der Waals surface area contributed by atoms with Crippen molar-refractivity contribution in [1.29, 1.82) is 0 Å². The molecule has 2 aliphatic rings. The lowest BCUT2D eigenvalue weighted by molar-refractivity contribution is 0.0754. The van der Waals surface area contributed by atoms with E-state index in [-0.39, 0.29) is 23.9 Å². The smallest absolute Gasteiger partial charge is 0.256 e. The number of amides is 1. The Hall–Kier alpha value is -2.11. The van der Waals surface area contributed by atoms with Gasteiger partial charge >= 0.3 is 0 Å². The molecule has 0 aliphatic carbocycles. The maximum atomic E-state index is 14.7. The molecule has 0 saturated carbocycles. The molecule has 1 amide bonds. The van der Waals surface area contributed by atoms with Crippen molar-refractivity contribution in [1.82, 2.24) is 10.2 Å². The molecule has 0 bridgehead atoms. The number of methoxy groups -OCH3 is 1. The summed E-state index contributed by atoms with van der Waals surface area (Å²) in [5, 5.41) is 3.43. The molecule has 0 unspecified atom stereocenters. The number of likely N-dealkylation sites (tertiary alicyclic amines) is 1. The van der Waals surface area contributed by atoms with Crippen LogP contribution in [0.5, 0.6) is 5.75 Å². The molecule has 4 nitrogen and oxygen atoms in total. The summed E-state index contributed by atoms with van der Waals surface area (Å²) in [4.78, 5) is 14.7. The first kappa shape index (κ1) is 20.6. The van der Waals surface area contributed by atoms with Crippen LogP contribution in [-0.2, 0) is 0 Å². The van der Waals surface area contributed by atoms with E-state index in [0.717, 1.165) is 42.8 Å². The van der Waals surface area contributed by atoms with Gasteiger partial charge < -0.3 is 15.0 Å². The zero-order chi connectivity index (χ0) is 18.8. The third-order valence-electron chi connectivity index (χ3n) is 5.93. The Morgan fingerprint density at radius 2 is 1.64 bits per heavy atom. The number of nitrogens with one attached hydrogen (secondary N) is 1. The number of carbonyl (C=O) groups is 1. The molecule has 4 rings (SSSR count). The zero-order valence-electron chi connectivity index (χ0n) is 16.0. The van der Waals surface area contributed by atoms with Gasteiger partial charge in [-0.05, 0) is 73.2 Å². The average Bonchev–Trinajstić information content (AvgIpc) is 3.05. The van der Waals surface area contributed by atoms with Crippen molar-refractivity contribution in [2.45, 2.75) is 12.8 Å². The van der Waals surface area contributed by atoms with Crippen LogP contribution in [0, 0.1) is 17.7 Å². The van der Waals surface area contributed by atoms with Crippen LogP contribution in [0.25, 0.3) is 11.1 Å².